The van der Waals surface area contributed by atoms with Gasteiger partial charge in [-0.15, -0.1) is 0 Å². The van der Waals surface area contributed by atoms with Crippen LogP contribution in [-0.2, 0) is 14.4 Å². The minimum absolute atomic E-state index is 0.0397. The van der Waals surface area contributed by atoms with Gasteiger partial charge in [-0.1, -0.05) is 60.7 Å². The number of carbonyl (C=O) groups is 3. The highest BCUT2D eigenvalue weighted by Crippen LogP contribution is 2.27. The van der Waals surface area contributed by atoms with Crippen molar-refractivity contribution in [2.45, 2.75) is 27.2 Å². The Balaban J connectivity index is 1.57. The van der Waals surface area contributed by atoms with Crippen molar-refractivity contribution < 1.29 is 14.4 Å². The predicted molar refractivity (Wildman–Crippen MR) is 131 cm³/mol. The molecule has 3 aromatic carbocycles. The van der Waals surface area contributed by atoms with Crippen LogP contribution in [0.4, 0.5) is 11.4 Å². The summed E-state index contributed by atoms with van der Waals surface area (Å²) in [7, 11) is 0. The lowest BCUT2D eigenvalue weighted by Gasteiger charge is -2.11. The van der Waals surface area contributed by atoms with E-state index in [0.717, 1.165) is 22.3 Å². The Bertz CT molecular complexity index is 1200. The maximum atomic E-state index is 12.5. The van der Waals surface area contributed by atoms with Crippen LogP contribution in [-0.4, -0.2) is 23.4 Å². The lowest BCUT2D eigenvalue weighted by atomic mass is 10.0. The second kappa shape index (κ2) is 10.9. The van der Waals surface area contributed by atoms with E-state index in [-0.39, 0.29) is 12.3 Å². The fourth-order valence-corrected chi connectivity index (χ4v) is 3.17. The highest BCUT2D eigenvalue weighted by molar-refractivity contribution is 6.39. The molecule has 0 spiro atoms. The van der Waals surface area contributed by atoms with Crippen LogP contribution in [0.5, 0.6) is 0 Å². The first-order valence-electron chi connectivity index (χ1n) is 10.5. The first-order chi connectivity index (χ1) is 15.8. The first kappa shape index (κ1) is 23.4. The second-order valence-corrected chi connectivity index (χ2v) is 7.70. The van der Waals surface area contributed by atoms with Gasteiger partial charge in [0.15, 0.2) is 0 Å². The van der Waals surface area contributed by atoms with E-state index in [2.05, 4.69) is 21.2 Å². The summed E-state index contributed by atoms with van der Waals surface area (Å²) in [6, 6.07) is 22.8. The van der Waals surface area contributed by atoms with Crippen LogP contribution in [0.2, 0.25) is 0 Å². The molecule has 0 heterocycles. The van der Waals surface area contributed by atoms with Crippen molar-refractivity contribution in [1.29, 1.82) is 0 Å². The monoisotopic (exact) mass is 442 g/mol. The Morgan fingerprint density at radius 3 is 2.24 bits per heavy atom. The van der Waals surface area contributed by atoms with Gasteiger partial charge in [0, 0.05) is 22.6 Å². The molecule has 0 aliphatic rings. The molecule has 0 bridgehead atoms. The first-order valence-corrected chi connectivity index (χ1v) is 10.5. The van der Waals surface area contributed by atoms with Crippen molar-refractivity contribution >= 4 is 34.8 Å². The normalized spacial score (nSPS) is 10.9. The molecule has 0 unspecified atom stereocenters. The molecule has 33 heavy (non-hydrogen) atoms. The van der Waals surface area contributed by atoms with E-state index in [1.165, 1.54) is 0 Å². The zero-order chi connectivity index (χ0) is 23.8. The number of rotatable bonds is 6. The van der Waals surface area contributed by atoms with Crippen molar-refractivity contribution in [1.82, 2.24) is 5.43 Å². The molecule has 0 aromatic heterocycles. The topological polar surface area (TPSA) is 99.7 Å². The molecule has 7 heteroatoms. The fraction of sp³-hybridized carbons (Fsp3) is 0.154. The van der Waals surface area contributed by atoms with E-state index in [0.29, 0.717) is 17.1 Å². The lowest BCUT2D eigenvalue weighted by Crippen LogP contribution is -2.33. The van der Waals surface area contributed by atoms with Crippen LogP contribution in [0.1, 0.15) is 24.5 Å². The number of aryl methyl sites for hydroxylation is 2. The van der Waals surface area contributed by atoms with E-state index in [9.17, 15) is 14.4 Å². The molecule has 3 amide bonds. The van der Waals surface area contributed by atoms with Crippen LogP contribution in [0.15, 0.2) is 77.9 Å². The van der Waals surface area contributed by atoms with Gasteiger partial charge in [-0.05, 0) is 49.6 Å². The number of hydrazone groups is 1. The molecular formula is C26H26N4O3. The van der Waals surface area contributed by atoms with Crippen molar-refractivity contribution in [3.05, 3.63) is 83.9 Å². The van der Waals surface area contributed by atoms with E-state index in [1.807, 2.05) is 80.6 Å². The summed E-state index contributed by atoms with van der Waals surface area (Å²) in [6.07, 6.45) is -0.0397. The molecule has 0 atom stereocenters. The minimum atomic E-state index is -0.912. The van der Waals surface area contributed by atoms with Crippen molar-refractivity contribution in [3.63, 3.8) is 0 Å². The zero-order valence-corrected chi connectivity index (χ0v) is 18.8. The number of nitrogens with one attached hydrogen (secondary N) is 3. The molecule has 0 aliphatic carbocycles. The molecule has 0 fully saturated rings. The molecule has 168 valence electrons. The Hall–Kier alpha value is -4.26. The number of amides is 3. The maximum Gasteiger partial charge on any atom is 0.329 e. The van der Waals surface area contributed by atoms with Gasteiger partial charge in [-0.2, -0.15) is 5.10 Å². The molecule has 0 aliphatic heterocycles. The average Bonchev–Trinajstić information content (AvgIpc) is 2.80. The van der Waals surface area contributed by atoms with Gasteiger partial charge in [0.2, 0.25) is 5.91 Å². The molecule has 3 aromatic rings. The van der Waals surface area contributed by atoms with E-state index >= 15 is 0 Å². The van der Waals surface area contributed by atoms with Crippen molar-refractivity contribution in [2.75, 3.05) is 10.6 Å². The minimum Gasteiger partial charge on any atom is -0.325 e. The summed E-state index contributed by atoms with van der Waals surface area (Å²) in [5.41, 5.74) is 7.49. The number of anilines is 2. The summed E-state index contributed by atoms with van der Waals surface area (Å²) in [5.74, 6) is -2.03. The summed E-state index contributed by atoms with van der Waals surface area (Å²) in [5, 5.41) is 9.34. The third-order valence-corrected chi connectivity index (χ3v) is 4.90. The van der Waals surface area contributed by atoms with E-state index < -0.39 is 11.8 Å². The Morgan fingerprint density at radius 1 is 0.788 bits per heavy atom. The molecule has 3 N–H and O–H groups in total. The number of hydrogen-bond donors (Lipinski definition) is 3. The Morgan fingerprint density at radius 2 is 1.48 bits per heavy atom. The molecule has 7 nitrogen and oxygen atoms in total. The van der Waals surface area contributed by atoms with Crippen LogP contribution < -0.4 is 16.1 Å². The predicted octanol–water partition coefficient (Wildman–Crippen LogP) is 4.43. The molecule has 3 rings (SSSR count). The SMILES string of the molecule is C/C(CC(=O)Nc1ccccc1-c1ccccc1)=N\NC(=O)C(=O)Nc1cc(C)ccc1C. The Labute approximate surface area is 192 Å². The standard InChI is InChI=1S/C26H26N4O3/c1-17-13-14-18(2)23(15-17)28-25(32)26(33)30-29-19(3)16-24(31)27-22-12-8-7-11-21(22)20-9-5-4-6-10-20/h4-15H,16H2,1-3H3,(H,27,31)(H,28,32)(H,30,33)/b29-19+. The lowest BCUT2D eigenvalue weighted by molar-refractivity contribution is -0.136. The van der Waals surface area contributed by atoms with E-state index in [4.69, 9.17) is 0 Å². The summed E-state index contributed by atoms with van der Waals surface area (Å²) >= 11 is 0. The van der Waals surface area contributed by atoms with E-state index in [1.54, 1.807) is 13.0 Å². The summed E-state index contributed by atoms with van der Waals surface area (Å²) < 4.78 is 0. The second-order valence-electron chi connectivity index (χ2n) is 7.70. The molecule has 0 saturated carbocycles. The van der Waals surface area contributed by atoms with Crippen molar-refractivity contribution in [2.24, 2.45) is 5.10 Å². The van der Waals surface area contributed by atoms with Crippen LogP contribution in [0.25, 0.3) is 11.1 Å². The summed E-state index contributed by atoms with van der Waals surface area (Å²) in [6.45, 7) is 5.33. The number of hydrogen-bond acceptors (Lipinski definition) is 4. The number of carbonyl (C=O) groups excluding carboxylic acids is 3. The van der Waals surface area contributed by atoms with Gasteiger partial charge < -0.3 is 10.6 Å². The smallest absolute Gasteiger partial charge is 0.325 e. The fourth-order valence-electron chi connectivity index (χ4n) is 3.17. The van der Waals surface area contributed by atoms with Gasteiger partial charge in [0.05, 0.1) is 6.42 Å². The quantitative estimate of drug-likeness (QED) is 0.299. The molecular weight excluding hydrogens is 416 g/mol. The average molecular weight is 443 g/mol. The Kier molecular flexibility index (Phi) is 7.70. The molecule has 0 saturated heterocycles. The highest BCUT2D eigenvalue weighted by Gasteiger charge is 2.15. The van der Waals surface area contributed by atoms with Crippen molar-refractivity contribution in [3.8, 4) is 11.1 Å². The third-order valence-electron chi connectivity index (χ3n) is 4.90. The van der Waals surface area contributed by atoms with Gasteiger partial charge in [0.25, 0.3) is 0 Å². The summed E-state index contributed by atoms with van der Waals surface area (Å²) in [4.78, 5) is 36.8. The maximum absolute atomic E-state index is 12.5. The number of para-hydroxylation sites is 1. The number of nitrogens with zero attached hydrogens (tertiary/aromatic N) is 1. The molecule has 0 radical (unpaired) electrons. The highest BCUT2D eigenvalue weighted by atomic mass is 16.2. The van der Waals surface area contributed by atoms with Gasteiger partial charge in [-0.3, -0.25) is 14.4 Å². The van der Waals surface area contributed by atoms with Gasteiger partial charge in [-0.25, -0.2) is 5.43 Å². The van der Waals surface area contributed by atoms with Crippen LogP contribution in [0, 0.1) is 13.8 Å². The van der Waals surface area contributed by atoms with Gasteiger partial charge >= 0.3 is 11.8 Å². The number of benzene rings is 3. The van der Waals surface area contributed by atoms with Crippen LogP contribution >= 0.6 is 0 Å². The van der Waals surface area contributed by atoms with Crippen LogP contribution in [0.3, 0.4) is 0 Å². The third kappa shape index (κ3) is 6.61. The van der Waals surface area contributed by atoms with Gasteiger partial charge in [0.1, 0.15) is 0 Å². The largest absolute Gasteiger partial charge is 0.329 e. The zero-order valence-electron chi connectivity index (χ0n) is 18.8.